The largest absolute Gasteiger partial charge is 0.496 e. The molecule has 1 aromatic carbocycles. The zero-order valence-electron chi connectivity index (χ0n) is 11.8. The minimum Gasteiger partial charge on any atom is -0.496 e. The van der Waals surface area contributed by atoms with Crippen LogP contribution in [0, 0.1) is 0 Å². The number of rotatable bonds is 4. The van der Waals surface area contributed by atoms with E-state index in [4.69, 9.17) is 9.47 Å². The number of aromatic carboxylic acids is 1. The number of hydrogen-bond donors (Lipinski definition) is 1. The molecular formula is C15H17NO5. The Labute approximate surface area is 122 Å². The lowest BCUT2D eigenvalue weighted by Crippen LogP contribution is -2.37. The quantitative estimate of drug-likeness (QED) is 0.859. The van der Waals surface area contributed by atoms with Gasteiger partial charge in [0.25, 0.3) is 0 Å². The first-order valence-corrected chi connectivity index (χ1v) is 6.53. The molecule has 21 heavy (non-hydrogen) atoms. The average molecular weight is 291 g/mol. The Hall–Kier alpha value is -2.50. The summed E-state index contributed by atoms with van der Waals surface area (Å²) in [6.07, 6.45) is 1.55. The van der Waals surface area contributed by atoms with Crippen LogP contribution in [0.4, 0.5) is 4.79 Å². The van der Waals surface area contributed by atoms with E-state index in [1.165, 1.54) is 17.0 Å². The summed E-state index contributed by atoms with van der Waals surface area (Å²) in [6.45, 7) is 4.27. The minimum absolute atomic E-state index is 0.131. The Morgan fingerprint density at radius 1 is 1.43 bits per heavy atom. The zero-order chi connectivity index (χ0) is 15.4. The minimum atomic E-state index is -1.02. The number of carbonyl (C=O) groups excluding carboxylic acids is 1. The first-order chi connectivity index (χ1) is 10.1. The topological polar surface area (TPSA) is 76.1 Å². The molecule has 2 rings (SSSR count). The van der Waals surface area contributed by atoms with Crippen LogP contribution in [0.5, 0.6) is 5.75 Å². The molecule has 0 saturated heterocycles. The summed E-state index contributed by atoms with van der Waals surface area (Å²) in [5, 5.41) is 9.28. The van der Waals surface area contributed by atoms with Gasteiger partial charge in [0.05, 0.1) is 19.2 Å². The maximum atomic E-state index is 11.9. The highest BCUT2D eigenvalue weighted by Crippen LogP contribution is 2.31. The second kappa shape index (κ2) is 6.30. The third-order valence-electron chi connectivity index (χ3n) is 3.40. The van der Waals surface area contributed by atoms with E-state index in [9.17, 15) is 14.7 Å². The molecule has 1 aromatic rings. The molecule has 6 nitrogen and oxygen atoms in total. The van der Waals surface area contributed by atoms with Crippen LogP contribution in [0.2, 0.25) is 0 Å². The Morgan fingerprint density at radius 2 is 2.19 bits per heavy atom. The van der Waals surface area contributed by atoms with Crippen molar-refractivity contribution >= 4 is 12.1 Å². The van der Waals surface area contributed by atoms with Gasteiger partial charge >= 0.3 is 12.1 Å². The summed E-state index contributed by atoms with van der Waals surface area (Å²) in [5.74, 6) is -0.371. The number of benzene rings is 1. The lowest BCUT2D eigenvalue weighted by atomic mass is 9.94. The molecule has 0 bridgehead atoms. The monoisotopic (exact) mass is 291 g/mol. The summed E-state index contributed by atoms with van der Waals surface area (Å²) in [4.78, 5) is 24.7. The molecular weight excluding hydrogens is 274 g/mol. The molecule has 0 aromatic heterocycles. The van der Waals surface area contributed by atoms with Crippen molar-refractivity contribution in [3.8, 4) is 5.75 Å². The summed E-state index contributed by atoms with van der Waals surface area (Å²) >= 11 is 0. The fourth-order valence-electron chi connectivity index (χ4n) is 2.41. The summed E-state index contributed by atoms with van der Waals surface area (Å²) in [7, 11) is 1.54. The highest BCUT2D eigenvalue weighted by atomic mass is 16.6. The molecule has 0 radical (unpaired) electrons. The maximum Gasteiger partial charge on any atom is 0.410 e. The predicted octanol–water partition coefficient (Wildman–Crippen LogP) is 2.07. The second-order valence-corrected chi connectivity index (χ2v) is 4.61. The van der Waals surface area contributed by atoms with Gasteiger partial charge in [0.15, 0.2) is 0 Å². The lowest BCUT2D eigenvalue weighted by Gasteiger charge is -2.29. The van der Waals surface area contributed by atoms with Crippen LogP contribution >= 0.6 is 0 Å². The van der Waals surface area contributed by atoms with Gasteiger partial charge in [0.1, 0.15) is 12.4 Å². The fraction of sp³-hybridized carbons (Fsp3) is 0.333. The van der Waals surface area contributed by atoms with Gasteiger partial charge in [0.2, 0.25) is 0 Å². The number of methoxy groups -OCH3 is 1. The van der Waals surface area contributed by atoms with Crippen LogP contribution in [0.3, 0.4) is 0 Å². The Morgan fingerprint density at radius 3 is 2.81 bits per heavy atom. The number of amides is 1. The van der Waals surface area contributed by atoms with E-state index in [1.807, 2.05) is 0 Å². The van der Waals surface area contributed by atoms with Crippen LogP contribution in [0.15, 0.2) is 24.8 Å². The standard InChI is InChI=1S/C15H17NO5/c1-3-8-21-15(19)16-7-6-10-12(9-16)11(14(17)18)4-5-13(10)20-2/h3-5H,1,6-9H2,2H3,(H,17,18). The van der Waals surface area contributed by atoms with E-state index >= 15 is 0 Å². The molecule has 0 fully saturated rings. The predicted molar refractivity (Wildman–Crippen MR) is 75.6 cm³/mol. The van der Waals surface area contributed by atoms with Crippen molar-refractivity contribution in [3.05, 3.63) is 41.5 Å². The van der Waals surface area contributed by atoms with Crippen molar-refractivity contribution in [2.75, 3.05) is 20.3 Å². The van der Waals surface area contributed by atoms with Crippen LogP contribution < -0.4 is 4.74 Å². The fourth-order valence-corrected chi connectivity index (χ4v) is 2.41. The molecule has 1 aliphatic heterocycles. The van der Waals surface area contributed by atoms with Gasteiger partial charge in [-0.05, 0) is 24.1 Å². The van der Waals surface area contributed by atoms with Crippen LogP contribution in [0.25, 0.3) is 0 Å². The van der Waals surface area contributed by atoms with Crippen molar-refractivity contribution in [1.29, 1.82) is 0 Å². The van der Waals surface area contributed by atoms with Gasteiger partial charge in [-0.2, -0.15) is 0 Å². The van der Waals surface area contributed by atoms with E-state index in [-0.39, 0.29) is 18.7 Å². The van der Waals surface area contributed by atoms with Crippen molar-refractivity contribution in [2.24, 2.45) is 0 Å². The second-order valence-electron chi connectivity index (χ2n) is 4.61. The zero-order valence-corrected chi connectivity index (χ0v) is 11.8. The highest BCUT2D eigenvalue weighted by Gasteiger charge is 2.27. The Kier molecular flexibility index (Phi) is 4.47. The summed E-state index contributed by atoms with van der Waals surface area (Å²) < 4.78 is 10.3. The van der Waals surface area contributed by atoms with E-state index in [0.29, 0.717) is 24.3 Å². The molecule has 0 saturated carbocycles. The first-order valence-electron chi connectivity index (χ1n) is 6.53. The number of nitrogens with zero attached hydrogens (tertiary/aromatic N) is 1. The first kappa shape index (κ1) is 14.9. The number of carboxylic acids is 1. The number of carboxylic acid groups (broad SMARTS) is 1. The Balaban J connectivity index is 2.31. The van der Waals surface area contributed by atoms with Gasteiger partial charge in [-0.1, -0.05) is 12.7 Å². The van der Waals surface area contributed by atoms with Gasteiger partial charge in [0, 0.05) is 12.1 Å². The van der Waals surface area contributed by atoms with Crippen molar-refractivity contribution in [1.82, 2.24) is 4.90 Å². The van der Waals surface area contributed by atoms with Crippen LogP contribution in [-0.2, 0) is 17.7 Å². The molecule has 1 heterocycles. The molecule has 6 heteroatoms. The average Bonchev–Trinajstić information content (AvgIpc) is 2.50. The van der Waals surface area contributed by atoms with Crippen molar-refractivity contribution in [3.63, 3.8) is 0 Å². The molecule has 0 unspecified atom stereocenters. The molecule has 0 aliphatic carbocycles. The van der Waals surface area contributed by atoms with Crippen LogP contribution in [0.1, 0.15) is 21.5 Å². The summed E-state index contributed by atoms with van der Waals surface area (Å²) in [5.41, 5.74) is 1.63. The van der Waals surface area contributed by atoms with Crippen molar-refractivity contribution in [2.45, 2.75) is 13.0 Å². The van der Waals surface area contributed by atoms with Gasteiger partial charge < -0.3 is 19.5 Å². The van der Waals surface area contributed by atoms with Gasteiger partial charge in [-0.25, -0.2) is 9.59 Å². The third-order valence-corrected chi connectivity index (χ3v) is 3.40. The van der Waals surface area contributed by atoms with E-state index < -0.39 is 12.1 Å². The normalized spacial score (nSPS) is 13.3. The smallest absolute Gasteiger partial charge is 0.410 e. The SMILES string of the molecule is C=CCOC(=O)N1CCc2c(OC)ccc(C(=O)O)c2C1. The number of hydrogen-bond acceptors (Lipinski definition) is 4. The van der Waals surface area contributed by atoms with E-state index in [0.717, 1.165) is 5.56 Å². The van der Waals surface area contributed by atoms with Crippen molar-refractivity contribution < 1.29 is 24.2 Å². The van der Waals surface area contributed by atoms with Gasteiger partial charge in [-0.3, -0.25) is 0 Å². The van der Waals surface area contributed by atoms with E-state index in [2.05, 4.69) is 6.58 Å². The molecule has 1 N–H and O–H groups in total. The van der Waals surface area contributed by atoms with E-state index in [1.54, 1.807) is 13.2 Å². The number of fused-ring (bicyclic) bond motifs is 1. The molecule has 1 aliphatic rings. The molecule has 1 amide bonds. The maximum absolute atomic E-state index is 11.9. The molecule has 0 atom stereocenters. The molecule has 0 spiro atoms. The Bertz CT molecular complexity index is 582. The third kappa shape index (κ3) is 2.99. The number of carbonyl (C=O) groups is 2. The lowest BCUT2D eigenvalue weighted by molar-refractivity contribution is 0.0690. The molecule has 112 valence electrons. The summed E-state index contributed by atoms with van der Waals surface area (Å²) in [6, 6.07) is 3.15. The van der Waals surface area contributed by atoms with Gasteiger partial charge in [-0.15, -0.1) is 0 Å². The highest BCUT2D eigenvalue weighted by molar-refractivity contribution is 5.90. The number of ether oxygens (including phenoxy) is 2. The van der Waals surface area contributed by atoms with Crippen LogP contribution in [-0.4, -0.2) is 42.3 Å².